The van der Waals surface area contributed by atoms with Crippen LogP contribution in [0.3, 0.4) is 0 Å². The van der Waals surface area contributed by atoms with Gasteiger partial charge in [0.05, 0.1) is 43.1 Å². The highest BCUT2D eigenvalue weighted by molar-refractivity contribution is 7.92. The van der Waals surface area contributed by atoms with E-state index in [2.05, 4.69) is 25.0 Å². The van der Waals surface area contributed by atoms with E-state index in [0.29, 0.717) is 5.82 Å². The zero-order chi connectivity index (χ0) is 27.6. The number of pyridine rings is 1. The number of amides is 1. The van der Waals surface area contributed by atoms with Crippen LogP contribution in [0.4, 0.5) is 5.69 Å². The van der Waals surface area contributed by atoms with Crippen molar-refractivity contribution < 1.29 is 17.9 Å². The standard InChI is InChI=1S/C26H18Cl3N5O4S/c27-15-11-22(34-39(36,37)16-9-10-18(28)19(29)12-16)26(31-13-15)38-23-8-4-1-5-17(23)25(35)30-14-24-32-20-6-2-3-7-21(20)33-24/h1-13,34H,14H2,(H,30,35)(H,32,33). The van der Waals surface area contributed by atoms with Gasteiger partial charge >= 0.3 is 0 Å². The summed E-state index contributed by atoms with van der Waals surface area (Å²) in [6, 6.07) is 19.2. The summed E-state index contributed by atoms with van der Waals surface area (Å²) in [7, 11) is -4.12. The van der Waals surface area contributed by atoms with E-state index in [0.717, 1.165) is 11.0 Å². The quantitative estimate of drug-likeness (QED) is 0.188. The van der Waals surface area contributed by atoms with E-state index in [-0.39, 0.29) is 49.4 Å². The molecule has 2 heterocycles. The number of para-hydroxylation sites is 3. The summed E-state index contributed by atoms with van der Waals surface area (Å²) in [5, 5.41) is 3.24. The Morgan fingerprint density at radius 2 is 1.72 bits per heavy atom. The van der Waals surface area contributed by atoms with Crippen LogP contribution in [-0.2, 0) is 16.6 Å². The fraction of sp³-hybridized carbons (Fsp3) is 0.0385. The van der Waals surface area contributed by atoms with Gasteiger partial charge in [0.25, 0.3) is 15.9 Å². The van der Waals surface area contributed by atoms with Gasteiger partial charge < -0.3 is 15.0 Å². The molecule has 5 rings (SSSR count). The maximum Gasteiger partial charge on any atom is 0.262 e. The molecule has 3 N–H and O–H groups in total. The number of H-pyrrole nitrogens is 1. The molecule has 0 saturated carbocycles. The first kappa shape index (κ1) is 26.8. The van der Waals surface area contributed by atoms with E-state index in [4.69, 9.17) is 39.5 Å². The summed E-state index contributed by atoms with van der Waals surface area (Å²) in [5.74, 6) is 0.171. The van der Waals surface area contributed by atoms with Gasteiger partial charge in [-0.1, -0.05) is 59.1 Å². The number of sulfonamides is 1. The minimum absolute atomic E-state index is 0.0499. The molecule has 9 nitrogen and oxygen atoms in total. The Hall–Kier alpha value is -3.83. The maximum atomic E-state index is 13.0. The summed E-state index contributed by atoms with van der Waals surface area (Å²) in [5.41, 5.74) is 1.79. The Kier molecular flexibility index (Phi) is 7.62. The number of anilines is 1. The van der Waals surface area contributed by atoms with Crippen molar-refractivity contribution >= 4 is 67.5 Å². The largest absolute Gasteiger partial charge is 0.436 e. The Labute approximate surface area is 238 Å². The van der Waals surface area contributed by atoms with Gasteiger partial charge in [-0.3, -0.25) is 9.52 Å². The average molecular weight is 603 g/mol. The van der Waals surface area contributed by atoms with Crippen molar-refractivity contribution in [2.75, 3.05) is 4.72 Å². The zero-order valence-electron chi connectivity index (χ0n) is 19.8. The number of halogens is 3. The molecular weight excluding hydrogens is 585 g/mol. The van der Waals surface area contributed by atoms with Gasteiger partial charge in [0, 0.05) is 6.20 Å². The van der Waals surface area contributed by atoms with E-state index >= 15 is 0 Å². The third kappa shape index (κ3) is 6.10. The molecular formula is C26H18Cl3N5O4S. The number of hydrogen-bond acceptors (Lipinski definition) is 6. The number of fused-ring (bicyclic) bond motifs is 1. The Balaban J connectivity index is 1.38. The molecule has 0 aliphatic carbocycles. The van der Waals surface area contributed by atoms with Crippen molar-refractivity contribution in [2.24, 2.45) is 0 Å². The van der Waals surface area contributed by atoms with Crippen molar-refractivity contribution in [1.82, 2.24) is 20.3 Å². The van der Waals surface area contributed by atoms with Gasteiger partial charge in [-0.15, -0.1) is 0 Å². The molecule has 39 heavy (non-hydrogen) atoms. The SMILES string of the molecule is O=C(NCc1nc2ccccc2[nH]1)c1ccccc1Oc1ncc(Cl)cc1NS(=O)(=O)c1ccc(Cl)c(Cl)c1. The first-order chi connectivity index (χ1) is 18.7. The summed E-state index contributed by atoms with van der Waals surface area (Å²) >= 11 is 18.0. The molecule has 3 aromatic carbocycles. The van der Waals surface area contributed by atoms with Crippen LogP contribution in [0.15, 0.2) is 83.9 Å². The van der Waals surface area contributed by atoms with Crippen LogP contribution in [0.1, 0.15) is 16.2 Å². The fourth-order valence-corrected chi connectivity index (χ4v) is 5.22. The minimum Gasteiger partial charge on any atom is -0.436 e. The van der Waals surface area contributed by atoms with Crippen molar-refractivity contribution in [3.8, 4) is 11.6 Å². The fourth-order valence-electron chi connectivity index (χ4n) is 3.62. The molecule has 5 aromatic rings. The minimum atomic E-state index is -4.12. The molecule has 0 radical (unpaired) electrons. The number of carbonyl (C=O) groups excluding carboxylic acids is 1. The van der Waals surface area contributed by atoms with Gasteiger partial charge in [-0.2, -0.15) is 0 Å². The molecule has 198 valence electrons. The predicted molar refractivity (Wildman–Crippen MR) is 150 cm³/mol. The number of aromatic nitrogens is 3. The number of nitrogens with zero attached hydrogens (tertiary/aromatic N) is 2. The Morgan fingerprint density at radius 1 is 0.949 bits per heavy atom. The Bertz CT molecular complexity index is 1780. The van der Waals surface area contributed by atoms with E-state index < -0.39 is 15.9 Å². The molecule has 13 heteroatoms. The lowest BCUT2D eigenvalue weighted by Crippen LogP contribution is -2.24. The summed E-state index contributed by atoms with van der Waals surface area (Å²) in [6.45, 7) is 0.149. The van der Waals surface area contributed by atoms with Crippen LogP contribution in [-0.4, -0.2) is 29.3 Å². The van der Waals surface area contributed by atoms with Gasteiger partial charge in [-0.25, -0.2) is 18.4 Å². The maximum absolute atomic E-state index is 13.0. The normalized spacial score (nSPS) is 11.4. The van der Waals surface area contributed by atoms with Crippen LogP contribution < -0.4 is 14.8 Å². The molecule has 0 unspecified atom stereocenters. The monoisotopic (exact) mass is 601 g/mol. The summed E-state index contributed by atoms with van der Waals surface area (Å²) in [6.07, 6.45) is 1.29. The van der Waals surface area contributed by atoms with Gasteiger partial charge in [0.2, 0.25) is 5.88 Å². The van der Waals surface area contributed by atoms with E-state index in [1.807, 2.05) is 24.3 Å². The van der Waals surface area contributed by atoms with E-state index in [1.165, 1.54) is 30.5 Å². The number of nitrogens with one attached hydrogen (secondary N) is 3. The third-order valence-corrected chi connectivity index (χ3v) is 7.77. The second-order valence-corrected chi connectivity index (χ2v) is 11.1. The number of rotatable bonds is 8. The predicted octanol–water partition coefficient (Wildman–Crippen LogP) is 6.44. The molecule has 0 bridgehead atoms. The average Bonchev–Trinajstić information content (AvgIpc) is 3.33. The highest BCUT2D eigenvalue weighted by atomic mass is 35.5. The second kappa shape index (κ2) is 11.1. The van der Waals surface area contributed by atoms with E-state index in [9.17, 15) is 13.2 Å². The number of aromatic amines is 1. The number of benzene rings is 3. The molecule has 0 aliphatic rings. The topological polar surface area (TPSA) is 126 Å². The van der Waals surface area contributed by atoms with Crippen molar-refractivity contribution in [3.05, 3.63) is 105 Å². The van der Waals surface area contributed by atoms with Crippen LogP contribution in [0, 0.1) is 0 Å². The van der Waals surface area contributed by atoms with Gasteiger partial charge in [-0.05, 0) is 48.5 Å². The number of imidazole rings is 1. The molecule has 2 aromatic heterocycles. The molecule has 0 spiro atoms. The van der Waals surface area contributed by atoms with Gasteiger partial charge in [0.15, 0.2) is 0 Å². The van der Waals surface area contributed by atoms with Crippen molar-refractivity contribution in [1.29, 1.82) is 0 Å². The van der Waals surface area contributed by atoms with Gasteiger partial charge in [0.1, 0.15) is 17.3 Å². The van der Waals surface area contributed by atoms with Crippen molar-refractivity contribution in [3.63, 3.8) is 0 Å². The zero-order valence-corrected chi connectivity index (χ0v) is 22.9. The molecule has 0 fully saturated rings. The van der Waals surface area contributed by atoms with Crippen LogP contribution in [0.5, 0.6) is 11.6 Å². The number of hydrogen-bond donors (Lipinski definition) is 3. The smallest absolute Gasteiger partial charge is 0.262 e. The lowest BCUT2D eigenvalue weighted by molar-refractivity contribution is 0.0947. The lowest BCUT2D eigenvalue weighted by Gasteiger charge is -2.15. The molecule has 0 saturated heterocycles. The lowest BCUT2D eigenvalue weighted by atomic mass is 10.2. The summed E-state index contributed by atoms with van der Waals surface area (Å²) < 4.78 is 34.4. The number of carbonyl (C=O) groups is 1. The first-order valence-corrected chi connectivity index (χ1v) is 13.9. The van der Waals surface area contributed by atoms with Crippen molar-refractivity contribution in [2.45, 2.75) is 11.4 Å². The third-order valence-electron chi connectivity index (χ3n) is 5.46. The highest BCUT2D eigenvalue weighted by Gasteiger charge is 2.21. The molecule has 0 aliphatic heterocycles. The van der Waals surface area contributed by atoms with Crippen LogP contribution >= 0.6 is 34.8 Å². The summed E-state index contributed by atoms with van der Waals surface area (Å²) in [4.78, 5) is 24.6. The van der Waals surface area contributed by atoms with Crippen LogP contribution in [0.25, 0.3) is 11.0 Å². The number of ether oxygens (including phenoxy) is 1. The molecule has 1 amide bonds. The van der Waals surface area contributed by atoms with E-state index in [1.54, 1.807) is 24.3 Å². The molecule has 0 atom stereocenters. The second-order valence-electron chi connectivity index (χ2n) is 8.17. The Morgan fingerprint density at radius 3 is 2.51 bits per heavy atom. The van der Waals surface area contributed by atoms with Crippen LogP contribution in [0.2, 0.25) is 15.1 Å². The first-order valence-electron chi connectivity index (χ1n) is 11.3. The highest BCUT2D eigenvalue weighted by Crippen LogP contribution is 2.33.